The average molecular weight is 366 g/mol. The second-order valence-electron chi connectivity index (χ2n) is 5.79. The number of hydrogen-bond acceptors (Lipinski definition) is 7. The Balaban J connectivity index is 2.17. The molecule has 0 aromatic heterocycles. The summed E-state index contributed by atoms with van der Waals surface area (Å²) in [6.45, 7) is 1.91. The summed E-state index contributed by atoms with van der Waals surface area (Å²) in [5.41, 5.74) is 5.41. The van der Waals surface area contributed by atoms with Crippen LogP contribution in [-0.4, -0.2) is 68.8 Å². The molecule has 1 aromatic carbocycles. The van der Waals surface area contributed by atoms with Gasteiger partial charge >= 0.3 is 5.97 Å². The van der Waals surface area contributed by atoms with Crippen LogP contribution < -0.4 is 15.2 Å². The van der Waals surface area contributed by atoms with Gasteiger partial charge in [-0.05, 0) is 25.1 Å². The van der Waals surface area contributed by atoms with Gasteiger partial charge in [0.2, 0.25) is 0 Å². The van der Waals surface area contributed by atoms with Crippen molar-refractivity contribution in [1.82, 2.24) is 4.90 Å². The van der Waals surface area contributed by atoms with Crippen LogP contribution in [0.1, 0.15) is 17.3 Å². The Morgan fingerprint density at radius 2 is 1.96 bits per heavy atom. The van der Waals surface area contributed by atoms with Crippen molar-refractivity contribution in [3.63, 3.8) is 0 Å². The average Bonchev–Trinajstić information content (AvgIpc) is 2.64. The molecule has 1 aliphatic heterocycles. The number of carbonyl (C=O) groups is 3. The van der Waals surface area contributed by atoms with Gasteiger partial charge in [-0.1, -0.05) is 0 Å². The highest BCUT2D eigenvalue weighted by Crippen LogP contribution is 2.29. The van der Waals surface area contributed by atoms with Crippen LogP contribution >= 0.6 is 0 Å². The number of primary amides is 1. The first-order chi connectivity index (χ1) is 12.3. The standard InChI is InChI=1S/C17H22N2O7/c1-10-7-19(8-14(26-10)17(22)24-3)16(21)11-4-5-12(13(6-11)23-2)25-9-15(18)20/h4-6,10,14H,7-9H2,1-3H3,(H2,18,20)/t10-,14-/m1/s1. The molecule has 1 aliphatic rings. The van der Waals surface area contributed by atoms with Crippen LogP contribution in [0, 0.1) is 0 Å². The summed E-state index contributed by atoms with van der Waals surface area (Å²) in [7, 11) is 2.69. The quantitative estimate of drug-likeness (QED) is 0.702. The highest BCUT2D eigenvalue weighted by Gasteiger charge is 2.34. The van der Waals surface area contributed by atoms with E-state index in [-0.39, 0.29) is 25.2 Å². The Morgan fingerprint density at radius 3 is 2.58 bits per heavy atom. The number of esters is 1. The molecule has 9 heteroatoms. The largest absolute Gasteiger partial charge is 0.493 e. The second-order valence-corrected chi connectivity index (χ2v) is 5.79. The number of nitrogens with zero attached hydrogens (tertiary/aromatic N) is 1. The smallest absolute Gasteiger partial charge is 0.336 e. The van der Waals surface area contributed by atoms with E-state index in [9.17, 15) is 14.4 Å². The van der Waals surface area contributed by atoms with Gasteiger partial charge in [0.1, 0.15) is 0 Å². The van der Waals surface area contributed by atoms with Crippen molar-refractivity contribution < 1.29 is 33.3 Å². The van der Waals surface area contributed by atoms with E-state index in [1.807, 2.05) is 0 Å². The van der Waals surface area contributed by atoms with Crippen molar-refractivity contribution >= 4 is 17.8 Å². The van der Waals surface area contributed by atoms with Gasteiger partial charge < -0.3 is 29.6 Å². The van der Waals surface area contributed by atoms with Crippen molar-refractivity contribution in [2.24, 2.45) is 5.73 Å². The van der Waals surface area contributed by atoms with E-state index in [1.54, 1.807) is 13.0 Å². The first-order valence-corrected chi connectivity index (χ1v) is 7.97. The molecular formula is C17H22N2O7. The zero-order valence-electron chi connectivity index (χ0n) is 14.9. The van der Waals surface area contributed by atoms with Crippen LogP contribution in [0.25, 0.3) is 0 Å². The number of methoxy groups -OCH3 is 2. The second kappa shape index (κ2) is 8.52. The summed E-state index contributed by atoms with van der Waals surface area (Å²) in [6, 6.07) is 4.58. The molecule has 1 aromatic rings. The minimum absolute atomic E-state index is 0.0953. The fourth-order valence-electron chi connectivity index (χ4n) is 2.63. The fourth-order valence-corrected chi connectivity index (χ4v) is 2.63. The lowest BCUT2D eigenvalue weighted by Crippen LogP contribution is -2.52. The highest BCUT2D eigenvalue weighted by atomic mass is 16.6. The maximum absolute atomic E-state index is 12.8. The van der Waals surface area contributed by atoms with Gasteiger partial charge in [-0.2, -0.15) is 0 Å². The number of nitrogens with two attached hydrogens (primary N) is 1. The normalized spacial score (nSPS) is 19.6. The zero-order chi connectivity index (χ0) is 19.3. The lowest BCUT2D eigenvalue weighted by molar-refractivity contribution is -0.164. The maximum atomic E-state index is 12.8. The van der Waals surface area contributed by atoms with Crippen LogP contribution in [0.3, 0.4) is 0 Å². The van der Waals surface area contributed by atoms with Crippen molar-refractivity contribution in [2.45, 2.75) is 19.1 Å². The lowest BCUT2D eigenvalue weighted by atomic mass is 10.1. The van der Waals surface area contributed by atoms with Gasteiger partial charge in [0.15, 0.2) is 24.2 Å². The number of ether oxygens (including phenoxy) is 4. The van der Waals surface area contributed by atoms with E-state index in [2.05, 4.69) is 0 Å². The Labute approximate surface area is 150 Å². The SMILES string of the molecule is COC(=O)[C@H]1CN(C(=O)c2ccc(OCC(N)=O)c(OC)c2)C[C@@H](C)O1. The molecule has 1 heterocycles. The van der Waals surface area contributed by atoms with E-state index in [0.717, 1.165) is 0 Å². The predicted molar refractivity (Wildman–Crippen MR) is 89.9 cm³/mol. The molecule has 2 N–H and O–H groups in total. The molecular weight excluding hydrogens is 344 g/mol. The molecule has 0 radical (unpaired) electrons. The van der Waals surface area contributed by atoms with Gasteiger partial charge in [0.05, 0.1) is 26.9 Å². The number of amides is 2. The van der Waals surface area contributed by atoms with Crippen molar-refractivity contribution in [3.8, 4) is 11.5 Å². The third kappa shape index (κ3) is 4.63. The highest BCUT2D eigenvalue weighted by molar-refractivity contribution is 5.95. The third-order valence-corrected chi connectivity index (χ3v) is 3.79. The minimum Gasteiger partial charge on any atom is -0.493 e. The molecule has 2 rings (SSSR count). The van der Waals surface area contributed by atoms with Crippen molar-refractivity contribution in [1.29, 1.82) is 0 Å². The Kier molecular flexibility index (Phi) is 6.40. The summed E-state index contributed by atoms with van der Waals surface area (Å²) >= 11 is 0. The van der Waals surface area contributed by atoms with Gasteiger partial charge in [0, 0.05) is 12.1 Å². The number of hydrogen-bond donors (Lipinski definition) is 1. The first kappa shape index (κ1) is 19.5. The minimum atomic E-state index is -0.826. The molecule has 142 valence electrons. The maximum Gasteiger partial charge on any atom is 0.336 e. The van der Waals surface area contributed by atoms with Crippen LogP contribution in [0.2, 0.25) is 0 Å². The molecule has 26 heavy (non-hydrogen) atoms. The van der Waals surface area contributed by atoms with E-state index in [1.165, 1.54) is 31.3 Å². The molecule has 0 bridgehead atoms. The van der Waals surface area contributed by atoms with Gasteiger partial charge in [-0.3, -0.25) is 9.59 Å². The molecule has 0 saturated carbocycles. The number of morpholine rings is 1. The Bertz CT molecular complexity index is 692. The monoisotopic (exact) mass is 366 g/mol. The molecule has 0 spiro atoms. The molecule has 9 nitrogen and oxygen atoms in total. The number of carbonyl (C=O) groups excluding carboxylic acids is 3. The van der Waals surface area contributed by atoms with Crippen LogP contribution in [0.5, 0.6) is 11.5 Å². The summed E-state index contributed by atoms with van der Waals surface area (Å²) in [6.07, 6.45) is -1.13. The van der Waals surface area contributed by atoms with Crippen molar-refractivity contribution in [2.75, 3.05) is 33.9 Å². The van der Waals surface area contributed by atoms with Crippen molar-refractivity contribution in [3.05, 3.63) is 23.8 Å². The number of rotatable bonds is 6. The molecule has 1 fully saturated rings. The Hall–Kier alpha value is -2.81. The predicted octanol–water partition coefficient (Wildman–Crippen LogP) is -0.0382. The molecule has 2 amide bonds. The summed E-state index contributed by atoms with van der Waals surface area (Å²) < 4.78 is 20.7. The van der Waals surface area contributed by atoms with E-state index in [0.29, 0.717) is 23.6 Å². The van der Waals surface area contributed by atoms with Gasteiger partial charge in [0.25, 0.3) is 11.8 Å². The third-order valence-electron chi connectivity index (χ3n) is 3.79. The molecule has 1 saturated heterocycles. The van der Waals surface area contributed by atoms with E-state index in [4.69, 9.17) is 24.7 Å². The summed E-state index contributed by atoms with van der Waals surface area (Å²) in [4.78, 5) is 36.9. The molecule has 0 unspecified atom stereocenters. The zero-order valence-corrected chi connectivity index (χ0v) is 14.9. The Morgan fingerprint density at radius 1 is 1.23 bits per heavy atom. The first-order valence-electron chi connectivity index (χ1n) is 7.97. The number of benzene rings is 1. The van der Waals surface area contributed by atoms with Crippen LogP contribution in [0.4, 0.5) is 0 Å². The van der Waals surface area contributed by atoms with E-state index < -0.39 is 18.0 Å². The van der Waals surface area contributed by atoms with Gasteiger partial charge in [-0.15, -0.1) is 0 Å². The molecule has 0 aliphatic carbocycles. The fraction of sp³-hybridized carbons (Fsp3) is 0.471. The van der Waals surface area contributed by atoms with E-state index >= 15 is 0 Å². The molecule has 2 atom stereocenters. The van der Waals surface area contributed by atoms with Crippen LogP contribution in [-0.2, 0) is 19.1 Å². The topological polar surface area (TPSA) is 117 Å². The van der Waals surface area contributed by atoms with Crippen LogP contribution in [0.15, 0.2) is 18.2 Å². The summed E-state index contributed by atoms with van der Waals surface area (Å²) in [5.74, 6) is -0.840. The lowest BCUT2D eigenvalue weighted by Gasteiger charge is -2.35. The summed E-state index contributed by atoms with van der Waals surface area (Å²) in [5, 5.41) is 0. The van der Waals surface area contributed by atoms with Gasteiger partial charge in [-0.25, -0.2) is 4.79 Å².